The lowest BCUT2D eigenvalue weighted by Crippen LogP contribution is -2.43. The monoisotopic (exact) mass is 268 g/mol. The molecule has 2 amide bonds. The maximum Gasteiger partial charge on any atom is 0.317 e. The number of rotatable bonds is 7. The maximum absolute atomic E-state index is 11.8. The summed E-state index contributed by atoms with van der Waals surface area (Å²) in [5.41, 5.74) is 0. The summed E-state index contributed by atoms with van der Waals surface area (Å²) in [7, 11) is 0. The summed E-state index contributed by atoms with van der Waals surface area (Å²) >= 11 is 0. The summed E-state index contributed by atoms with van der Waals surface area (Å²) in [6.07, 6.45) is 3.72. The van der Waals surface area contributed by atoms with E-state index in [1.807, 2.05) is 20.0 Å². The Kier molecular flexibility index (Phi) is 6.35. The lowest BCUT2D eigenvalue weighted by molar-refractivity contribution is 0.179. The minimum atomic E-state index is -0.120. The number of hydrogen-bond acceptors (Lipinski definition) is 3. The Balaban J connectivity index is 2.35. The van der Waals surface area contributed by atoms with Crippen LogP contribution >= 0.6 is 0 Å². The van der Waals surface area contributed by atoms with Gasteiger partial charge in [-0.25, -0.2) is 9.78 Å². The molecule has 0 aliphatic carbocycles. The van der Waals surface area contributed by atoms with Gasteiger partial charge in [0.25, 0.3) is 0 Å². The van der Waals surface area contributed by atoms with E-state index >= 15 is 0 Å². The van der Waals surface area contributed by atoms with E-state index in [1.165, 1.54) is 0 Å². The van der Waals surface area contributed by atoms with Crippen LogP contribution in [0.25, 0.3) is 0 Å². The molecule has 0 fully saturated rings. The number of hydrogen-bond donors (Lipinski definition) is 2. The number of nitrogens with zero attached hydrogens (tertiary/aromatic N) is 3. The fourth-order valence-corrected chi connectivity index (χ4v) is 1.89. The number of likely N-dealkylation sites (N-methyl/N-ethyl adjacent to an activating group) is 1. The van der Waals surface area contributed by atoms with E-state index in [0.717, 1.165) is 12.4 Å². The van der Waals surface area contributed by atoms with Crippen LogP contribution in [0.4, 0.5) is 4.79 Å². The third-order valence-corrected chi connectivity index (χ3v) is 3.07. The molecule has 6 nitrogen and oxygen atoms in total. The molecule has 1 aromatic rings. The van der Waals surface area contributed by atoms with Crippen LogP contribution in [0.1, 0.15) is 19.7 Å². The second-order valence-electron chi connectivity index (χ2n) is 4.72. The zero-order valence-electron chi connectivity index (χ0n) is 12.0. The van der Waals surface area contributed by atoms with Crippen molar-refractivity contribution in [3.8, 4) is 0 Å². The smallest absolute Gasteiger partial charge is 0.317 e. The highest BCUT2D eigenvalue weighted by Gasteiger charge is 2.12. The molecule has 0 aliphatic rings. The minimum Gasteiger partial charge on any atom is -0.395 e. The van der Waals surface area contributed by atoms with E-state index in [2.05, 4.69) is 21.8 Å². The topological polar surface area (TPSA) is 70.4 Å². The number of aliphatic hydroxyl groups excluding tert-OH is 1. The maximum atomic E-state index is 11.8. The van der Waals surface area contributed by atoms with Gasteiger partial charge >= 0.3 is 6.03 Å². The van der Waals surface area contributed by atoms with Gasteiger partial charge < -0.3 is 19.9 Å². The van der Waals surface area contributed by atoms with E-state index in [-0.39, 0.29) is 12.6 Å². The molecule has 1 heterocycles. The molecule has 0 aromatic carbocycles. The number of amides is 2. The van der Waals surface area contributed by atoms with E-state index in [1.54, 1.807) is 11.1 Å². The lowest BCUT2D eigenvalue weighted by Gasteiger charge is -2.22. The first-order valence-corrected chi connectivity index (χ1v) is 6.69. The van der Waals surface area contributed by atoms with Gasteiger partial charge in [0.1, 0.15) is 5.82 Å². The van der Waals surface area contributed by atoms with Gasteiger partial charge in [0, 0.05) is 38.6 Å². The molecule has 0 bridgehead atoms. The molecule has 1 unspecified atom stereocenters. The summed E-state index contributed by atoms with van der Waals surface area (Å²) in [4.78, 5) is 17.6. The standard InChI is InChI=1S/C13H24N4O2/c1-4-16(7-8-18)13(19)15-9-11(2)10-17-6-5-14-12(17)3/h5-6,11,18H,4,7-10H2,1-3H3,(H,15,19). The number of imidazole rings is 1. The van der Waals surface area contributed by atoms with Crippen LogP contribution in [0.2, 0.25) is 0 Å². The molecule has 19 heavy (non-hydrogen) atoms. The number of urea groups is 1. The number of nitrogens with one attached hydrogen (secondary N) is 1. The van der Waals surface area contributed by atoms with Gasteiger partial charge in [-0.3, -0.25) is 0 Å². The summed E-state index contributed by atoms with van der Waals surface area (Å²) in [5.74, 6) is 1.30. The van der Waals surface area contributed by atoms with Crippen LogP contribution in [0, 0.1) is 12.8 Å². The average Bonchev–Trinajstić information content (AvgIpc) is 2.78. The highest BCUT2D eigenvalue weighted by atomic mass is 16.3. The number of aromatic nitrogens is 2. The zero-order chi connectivity index (χ0) is 14.3. The van der Waals surface area contributed by atoms with Crippen LogP contribution in [-0.4, -0.2) is 51.8 Å². The van der Waals surface area contributed by atoms with Gasteiger partial charge in [-0.1, -0.05) is 6.92 Å². The average molecular weight is 268 g/mol. The largest absolute Gasteiger partial charge is 0.395 e. The van der Waals surface area contributed by atoms with Crippen LogP contribution < -0.4 is 5.32 Å². The van der Waals surface area contributed by atoms with Crippen LogP contribution in [0.15, 0.2) is 12.4 Å². The van der Waals surface area contributed by atoms with E-state index in [9.17, 15) is 4.79 Å². The highest BCUT2D eigenvalue weighted by Crippen LogP contribution is 2.03. The summed E-state index contributed by atoms with van der Waals surface area (Å²) in [5, 5.41) is 11.8. The van der Waals surface area contributed by atoms with E-state index < -0.39 is 0 Å². The lowest BCUT2D eigenvalue weighted by atomic mass is 10.2. The molecule has 1 aromatic heterocycles. The first-order valence-electron chi connectivity index (χ1n) is 6.69. The van der Waals surface area contributed by atoms with Gasteiger partial charge in [-0.05, 0) is 19.8 Å². The van der Waals surface area contributed by atoms with Crippen molar-refractivity contribution in [2.45, 2.75) is 27.3 Å². The van der Waals surface area contributed by atoms with Crippen molar-refractivity contribution in [2.75, 3.05) is 26.2 Å². The van der Waals surface area contributed by atoms with Crippen LogP contribution in [0.5, 0.6) is 0 Å². The Labute approximate surface area is 114 Å². The van der Waals surface area contributed by atoms with Crippen molar-refractivity contribution in [2.24, 2.45) is 5.92 Å². The molecular weight excluding hydrogens is 244 g/mol. The fourth-order valence-electron chi connectivity index (χ4n) is 1.89. The summed E-state index contributed by atoms with van der Waals surface area (Å²) < 4.78 is 2.07. The minimum absolute atomic E-state index is 0.00888. The zero-order valence-corrected chi connectivity index (χ0v) is 12.0. The van der Waals surface area contributed by atoms with Gasteiger partial charge in [0.15, 0.2) is 0 Å². The fraction of sp³-hybridized carbons (Fsp3) is 0.692. The third kappa shape index (κ3) is 4.90. The van der Waals surface area contributed by atoms with E-state index in [4.69, 9.17) is 5.11 Å². The van der Waals surface area contributed by atoms with E-state index in [0.29, 0.717) is 25.6 Å². The van der Waals surface area contributed by atoms with Crippen molar-refractivity contribution in [3.63, 3.8) is 0 Å². The van der Waals surface area contributed by atoms with Gasteiger partial charge in [-0.15, -0.1) is 0 Å². The van der Waals surface area contributed by atoms with Gasteiger partial charge in [0.05, 0.1) is 6.61 Å². The quantitative estimate of drug-likeness (QED) is 0.770. The Morgan fingerprint density at radius 3 is 2.89 bits per heavy atom. The Morgan fingerprint density at radius 2 is 2.37 bits per heavy atom. The molecule has 0 aliphatic heterocycles. The van der Waals surface area contributed by atoms with Crippen molar-refractivity contribution in [1.29, 1.82) is 0 Å². The van der Waals surface area contributed by atoms with Crippen molar-refractivity contribution < 1.29 is 9.90 Å². The molecule has 1 rings (SSSR count). The second-order valence-corrected chi connectivity index (χ2v) is 4.72. The normalized spacial score (nSPS) is 12.2. The second kappa shape index (κ2) is 7.78. The molecule has 108 valence electrons. The molecule has 0 radical (unpaired) electrons. The Hall–Kier alpha value is -1.56. The Bertz CT molecular complexity index is 392. The number of aliphatic hydroxyl groups is 1. The molecule has 2 N–H and O–H groups in total. The van der Waals surface area contributed by atoms with Crippen LogP contribution in [0.3, 0.4) is 0 Å². The molecule has 0 saturated heterocycles. The molecular formula is C13H24N4O2. The van der Waals surface area contributed by atoms with Gasteiger partial charge in [-0.2, -0.15) is 0 Å². The first-order chi connectivity index (χ1) is 9.08. The molecule has 6 heteroatoms. The summed E-state index contributed by atoms with van der Waals surface area (Å²) in [6, 6.07) is -0.120. The molecule has 1 atom stereocenters. The Morgan fingerprint density at radius 1 is 1.63 bits per heavy atom. The number of aryl methyl sites for hydroxylation is 1. The predicted octanol–water partition coefficient (Wildman–Crippen LogP) is 0.851. The third-order valence-electron chi connectivity index (χ3n) is 3.07. The molecule has 0 saturated carbocycles. The van der Waals surface area contributed by atoms with Crippen LogP contribution in [-0.2, 0) is 6.54 Å². The van der Waals surface area contributed by atoms with Crippen molar-refractivity contribution in [3.05, 3.63) is 18.2 Å². The summed E-state index contributed by atoms with van der Waals surface area (Å²) in [6.45, 7) is 8.35. The predicted molar refractivity (Wildman–Crippen MR) is 73.9 cm³/mol. The number of carbonyl (C=O) groups excluding carboxylic acids is 1. The number of carbonyl (C=O) groups is 1. The van der Waals surface area contributed by atoms with Crippen molar-refractivity contribution >= 4 is 6.03 Å². The molecule has 0 spiro atoms. The highest BCUT2D eigenvalue weighted by molar-refractivity contribution is 5.74. The van der Waals surface area contributed by atoms with Gasteiger partial charge in [0.2, 0.25) is 0 Å². The SMILES string of the molecule is CCN(CCO)C(=O)NCC(C)Cn1ccnc1C. The first kappa shape index (κ1) is 15.5. The van der Waals surface area contributed by atoms with Crippen molar-refractivity contribution in [1.82, 2.24) is 19.8 Å².